The average Bonchev–Trinajstić information content (AvgIpc) is 3.01. The molecule has 0 aliphatic carbocycles. The first-order chi connectivity index (χ1) is 11.6. The van der Waals surface area contributed by atoms with Gasteiger partial charge in [-0.3, -0.25) is 4.79 Å². The van der Waals surface area contributed by atoms with E-state index in [0.29, 0.717) is 12.2 Å². The first-order valence-corrected chi connectivity index (χ1v) is 7.61. The summed E-state index contributed by atoms with van der Waals surface area (Å²) in [4.78, 5) is 12.0. The second kappa shape index (κ2) is 6.91. The molecule has 0 aliphatic rings. The summed E-state index contributed by atoms with van der Waals surface area (Å²) in [5, 5.41) is 12.2. The van der Waals surface area contributed by atoms with Gasteiger partial charge >= 0.3 is 0 Å². The number of aromatic nitrogens is 3. The van der Waals surface area contributed by atoms with E-state index in [1.54, 1.807) is 16.8 Å². The van der Waals surface area contributed by atoms with Crippen LogP contribution in [0.3, 0.4) is 0 Å². The standard InChI is InChI=1S/C17H18N6O/c1-12(13-6-8-14(18)9-7-13)19-21-17(24)10-11-23-16-5-3-2-4-15(16)20-22-23/h2-9H,10-11,18H2,1H3,(H,21,24)/b19-12+. The second-order valence-corrected chi connectivity index (χ2v) is 5.41. The van der Waals surface area contributed by atoms with Crippen molar-refractivity contribution in [3.63, 3.8) is 0 Å². The Balaban J connectivity index is 1.57. The number of rotatable bonds is 5. The summed E-state index contributed by atoms with van der Waals surface area (Å²) in [5.74, 6) is -0.177. The SMILES string of the molecule is C/C(=N\NC(=O)CCn1nnc2ccccc21)c1ccc(N)cc1. The fraction of sp³-hybridized carbons (Fsp3) is 0.176. The number of para-hydroxylation sites is 1. The maximum absolute atomic E-state index is 12.0. The van der Waals surface area contributed by atoms with E-state index in [1.807, 2.05) is 43.3 Å². The van der Waals surface area contributed by atoms with E-state index in [9.17, 15) is 4.79 Å². The van der Waals surface area contributed by atoms with Crippen LogP contribution in [0.2, 0.25) is 0 Å². The van der Waals surface area contributed by atoms with Gasteiger partial charge in [0.25, 0.3) is 0 Å². The Morgan fingerprint density at radius 1 is 1.21 bits per heavy atom. The maximum atomic E-state index is 12.0. The highest BCUT2D eigenvalue weighted by atomic mass is 16.2. The number of hydrogen-bond acceptors (Lipinski definition) is 5. The number of carbonyl (C=O) groups excluding carboxylic acids is 1. The van der Waals surface area contributed by atoms with Gasteiger partial charge in [0.15, 0.2) is 0 Å². The fourth-order valence-corrected chi connectivity index (χ4v) is 2.28. The topological polar surface area (TPSA) is 98.2 Å². The number of nitrogens with one attached hydrogen (secondary N) is 1. The molecule has 1 heterocycles. The summed E-state index contributed by atoms with van der Waals surface area (Å²) in [6, 6.07) is 15.0. The van der Waals surface area contributed by atoms with E-state index in [2.05, 4.69) is 20.8 Å². The zero-order valence-corrected chi connectivity index (χ0v) is 13.3. The van der Waals surface area contributed by atoms with Crippen LogP contribution in [0.15, 0.2) is 53.6 Å². The lowest BCUT2D eigenvalue weighted by atomic mass is 10.1. The summed E-state index contributed by atoms with van der Waals surface area (Å²) in [6.07, 6.45) is 0.270. The third kappa shape index (κ3) is 3.57. The number of aryl methyl sites for hydroxylation is 1. The minimum atomic E-state index is -0.177. The summed E-state index contributed by atoms with van der Waals surface area (Å²) in [5.41, 5.74) is 12.3. The normalized spacial score (nSPS) is 11.6. The van der Waals surface area contributed by atoms with E-state index in [4.69, 9.17) is 5.73 Å². The summed E-state index contributed by atoms with van der Waals surface area (Å²) < 4.78 is 1.71. The van der Waals surface area contributed by atoms with Crippen LogP contribution in [0.4, 0.5) is 5.69 Å². The van der Waals surface area contributed by atoms with Crippen molar-refractivity contribution >= 4 is 28.3 Å². The van der Waals surface area contributed by atoms with Crippen LogP contribution >= 0.6 is 0 Å². The fourth-order valence-electron chi connectivity index (χ4n) is 2.28. The van der Waals surface area contributed by atoms with E-state index in [-0.39, 0.29) is 12.3 Å². The number of nitrogens with zero attached hydrogens (tertiary/aromatic N) is 4. The maximum Gasteiger partial charge on any atom is 0.241 e. The minimum Gasteiger partial charge on any atom is -0.399 e. The lowest BCUT2D eigenvalue weighted by molar-refractivity contribution is -0.121. The largest absolute Gasteiger partial charge is 0.399 e. The van der Waals surface area contributed by atoms with Crippen LogP contribution in [0, 0.1) is 0 Å². The Bertz CT molecular complexity index is 881. The molecule has 0 saturated heterocycles. The molecule has 2 aromatic carbocycles. The van der Waals surface area contributed by atoms with Gasteiger partial charge in [-0.05, 0) is 36.8 Å². The third-order valence-electron chi connectivity index (χ3n) is 3.65. The molecule has 7 heteroatoms. The van der Waals surface area contributed by atoms with Gasteiger partial charge in [0.2, 0.25) is 5.91 Å². The molecule has 3 N–H and O–H groups in total. The van der Waals surface area contributed by atoms with E-state index in [0.717, 1.165) is 22.3 Å². The van der Waals surface area contributed by atoms with Crippen LogP contribution in [-0.4, -0.2) is 26.6 Å². The van der Waals surface area contributed by atoms with Gasteiger partial charge in [0, 0.05) is 12.1 Å². The van der Waals surface area contributed by atoms with Crippen molar-refractivity contribution in [2.75, 3.05) is 5.73 Å². The van der Waals surface area contributed by atoms with Crippen molar-refractivity contribution in [3.05, 3.63) is 54.1 Å². The minimum absolute atomic E-state index is 0.177. The summed E-state index contributed by atoms with van der Waals surface area (Å²) in [6.45, 7) is 2.28. The predicted octanol–water partition coefficient (Wildman–Crippen LogP) is 1.94. The molecule has 0 unspecified atom stereocenters. The monoisotopic (exact) mass is 322 g/mol. The quantitative estimate of drug-likeness (QED) is 0.426. The number of benzene rings is 2. The van der Waals surface area contributed by atoms with Gasteiger partial charge in [-0.2, -0.15) is 5.10 Å². The number of carbonyl (C=O) groups is 1. The second-order valence-electron chi connectivity index (χ2n) is 5.41. The Morgan fingerprint density at radius 3 is 2.75 bits per heavy atom. The molecule has 0 bridgehead atoms. The number of amides is 1. The molecule has 24 heavy (non-hydrogen) atoms. The van der Waals surface area contributed by atoms with Crippen LogP contribution in [-0.2, 0) is 11.3 Å². The lowest BCUT2D eigenvalue weighted by Gasteiger charge is -2.04. The zero-order chi connectivity index (χ0) is 16.9. The molecule has 0 spiro atoms. The van der Waals surface area contributed by atoms with Gasteiger partial charge in [0.1, 0.15) is 5.52 Å². The molecule has 1 amide bonds. The third-order valence-corrected chi connectivity index (χ3v) is 3.65. The molecule has 122 valence electrons. The highest BCUT2D eigenvalue weighted by Gasteiger charge is 2.06. The van der Waals surface area contributed by atoms with Crippen molar-refractivity contribution in [2.45, 2.75) is 19.9 Å². The van der Waals surface area contributed by atoms with Crippen LogP contribution in [0.1, 0.15) is 18.9 Å². The highest BCUT2D eigenvalue weighted by molar-refractivity contribution is 5.99. The Labute approximate surface area is 139 Å². The Kier molecular flexibility index (Phi) is 4.51. The van der Waals surface area contributed by atoms with Gasteiger partial charge in [-0.1, -0.05) is 29.5 Å². The molecule has 0 saturated carbocycles. The molecule has 3 aromatic rings. The highest BCUT2D eigenvalue weighted by Crippen LogP contribution is 2.10. The molecule has 0 atom stereocenters. The number of hydrazone groups is 1. The first-order valence-electron chi connectivity index (χ1n) is 7.61. The van der Waals surface area contributed by atoms with Crippen molar-refractivity contribution in [2.24, 2.45) is 5.10 Å². The molecule has 0 aliphatic heterocycles. The van der Waals surface area contributed by atoms with Gasteiger partial charge in [0.05, 0.1) is 17.8 Å². The molecule has 7 nitrogen and oxygen atoms in total. The molecular weight excluding hydrogens is 304 g/mol. The van der Waals surface area contributed by atoms with Crippen LogP contribution in [0.25, 0.3) is 11.0 Å². The van der Waals surface area contributed by atoms with Crippen molar-refractivity contribution in [1.82, 2.24) is 20.4 Å². The molecule has 0 fully saturated rings. The Morgan fingerprint density at radius 2 is 1.96 bits per heavy atom. The van der Waals surface area contributed by atoms with Crippen LogP contribution < -0.4 is 11.2 Å². The smallest absolute Gasteiger partial charge is 0.241 e. The van der Waals surface area contributed by atoms with Crippen molar-refractivity contribution < 1.29 is 4.79 Å². The van der Waals surface area contributed by atoms with Gasteiger partial charge in [-0.25, -0.2) is 10.1 Å². The van der Waals surface area contributed by atoms with Crippen molar-refractivity contribution in [1.29, 1.82) is 0 Å². The summed E-state index contributed by atoms with van der Waals surface area (Å²) in [7, 11) is 0. The van der Waals surface area contributed by atoms with E-state index < -0.39 is 0 Å². The number of nitrogen functional groups attached to an aromatic ring is 1. The first kappa shape index (κ1) is 15.7. The Hall–Kier alpha value is -3.22. The number of nitrogens with two attached hydrogens (primary N) is 1. The van der Waals surface area contributed by atoms with Crippen molar-refractivity contribution in [3.8, 4) is 0 Å². The molecule has 0 radical (unpaired) electrons. The van der Waals surface area contributed by atoms with Crippen LogP contribution in [0.5, 0.6) is 0 Å². The zero-order valence-electron chi connectivity index (χ0n) is 13.3. The van der Waals surface area contributed by atoms with Gasteiger partial charge in [-0.15, -0.1) is 5.10 Å². The number of fused-ring (bicyclic) bond motifs is 1. The molecule has 3 rings (SSSR count). The number of anilines is 1. The van der Waals surface area contributed by atoms with E-state index >= 15 is 0 Å². The summed E-state index contributed by atoms with van der Waals surface area (Å²) >= 11 is 0. The van der Waals surface area contributed by atoms with E-state index in [1.165, 1.54) is 0 Å². The predicted molar refractivity (Wildman–Crippen MR) is 93.4 cm³/mol. The molecular formula is C17H18N6O. The molecule has 1 aromatic heterocycles. The number of hydrogen-bond donors (Lipinski definition) is 2. The lowest BCUT2D eigenvalue weighted by Crippen LogP contribution is -2.21. The van der Waals surface area contributed by atoms with Gasteiger partial charge < -0.3 is 5.73 Å². The average molecular weight is 322 g/mol.